The number of benzene rings is 1. The van der Waals surface area contributed by atoms with Crippen LogP contribution < -0.4 is 5.73 Å². The quantitative estimate of drug-likeness (QED) is 0.861. The van der Waals surface area contributed by atoms with E-state index in [0.29, 0.717) is 0 Å². The number of hydrogen-bond donors (Lipinski definition) is 1. The molecule has 0 atom stereocenters. The van der Waals surface area contributed by atoms with Crippen LogP contribution in [0.25, 0.3) is 10.9 Å². The van der Waals surface area contributed by atoms with Gasteiger partial charge in [-0.1, -0.05) is 31.0 Å². The highest BCUT2D eigenvalue weighted by molar-refractivity contribution is 5.84. The highest BCUT2D eigenvalue weighted by Crippen LogP contribution is 2.42. The first kappa shape index (κ1) is 11.8. The Morgan fingerprint density at radius 2 is 2.00 bits per heavy atom. The predicted octanol–water partition coefficient (Wildman–Crippen LogP) is 3.26. The minimum absolute atomic E-state index is 0.222. The third-order valence-corrected chi connectivity index (χ3v) is 4.75. The first-order valence-corrected chi connectivity index (χ1v) is 6.93. The van der Waals surface area contributed by atoms with Gasteiger partial charge >= 0.3 is 0 Å². The van der Waals surface area contributed by atoms with Crippen LogP contribution >= 0.6 is 0 Å². The Morgan fingerprint density at radius 1 is 1.28 bits per heavy atom. The lowest BCUT2D eigenvalue weighted by molar-refractivity contribution is 0.428. The van der Waals surface area contributed by atoms with Gasteiger partial charge in [0, 0.05) is 30.1 Å². The molecule has 0 unspecified atom stereocenters. The Bertz CT molecular complexity index is 574. The molecule has 1 heterocycles. The summed E-state index contributed by atoms with van der Waals surface area (Å²) in [6.07, 6.45) is 5.12. The lowest BCUT2D eigenvalue weighted by Gasteiger charge is -2.28. The van der Waals surface area contributed by atoms with Crippen molar-refractivity contribution < 1.29 is 0 Å². The molecule has 1 aliphatic carbocycles. The third-order valence-electron chi connectivity index (χ3n) is 4.75. The van der Waals surface area contributed by atoms with Crippen molar-refractivity contribution in [1.82, 2.24) is 4.57 Å². The topological polar surface area (TPSA) is 30.9 Å². The number of fused-ring (bicyclic) bond motifs is 1. The van der Waals surface area contributed by atoms with Gasteiger partial charge in [0.05, 0.1) is 5.52 Å². The molecular formula is C16H22N2. The summed E-state index contributed by atoms with van der Waals surface area (Å²) in [7, 11) is 2.19. The normalized spacial score (nSPS) is 18.6. The van der Waals surface area contributed by atoms with E-state index in [0.717, 1.165) is 6.54 Å². The monoisotopic (exact) mass is 242 g/mol. The SMILES string of the molecule is Cc1cccc2cc(C3(CN)CCCC3)n(C)c12. The molecule has 0 radical (unpaired) electrons. The minimum Gasteiger partial charge on any atom is -0.347 e. The van der Waals surface area contributed by atoms with Crippen molar-refractivity contribution in [3.8, 4) is 0 Å². The van der Waals surface area contributed by atoms with Gasteiger partial charge < -0.3 is 10.3 Å². The second-order valence-electron chi connectivity index (χ2n) is 5.79. The molecule has 2 heteroatoms. The number of hydrogen-bond acceptors (Lipinski definition) is 1. The van der Waals surface area contributed by atoms with Crippen LogP contribution in [0.3, 0.4) is 0 Å². The molecule has 2 nitrogen and oxygen atoms in total. The standard InChI is InChI=1S/C16H22N2/c1-12-6-5-7-13-10-14(18(2)15(12)13)16(11-17)8-3-4-9-16/h5-7,10H,3-4,8-9,11,17H2,1-2H3. The maximum absolute atomic E-state index is 6.12. The lowest BCUT2D eigenvalue weighted by Crippen LogP contribution is -2.33. The summed E-state index contributed by atoms with van der Waals surface area (Å²) in [6, 6.07) is 8.91. The van der Waals surface area contributed by atoms with E-state index in [1.807, 2.05) is 0 Å². The van der Waals surface area contributed by atoms with Crippen LogP contribution in [0.1, 0.15) is 36.9 Å². The highest BCUT2D eigenvalue weighted by Gasteiger charge is 2.36. The van der Waals surface area contributed by atoms with E-state index in [9.17, 15) is 0 Å². The van der Waals surface area contributed by atoms with Crippen molar-refractivity contribution in [3.63, 3.8) is 0 Å². The van der Waals surface area contributed by atoms with Gasteiger partial charge in [-0.3, -0.25) is 0 Å². The van der Waals surface area contributed by atoms with Crippen molar-refractivity contribution in [2.75, 3.05) is 6.54 Å². The fraction of sp³-hybridized carbons (Fsp3) is 0.500. The zero-order valence-corrected chi connectivity index (χ0v) is 11.4. The molecule has 96 valence electrons. The van der Waals surface area contributed by atoms with Gasteiger partial charge in [0.15, 0.2) is 0 Å². The zero-order valence-electron chi connectivity index (χ0n) is 11.4. The van der Waals surface area contributed by atoms with Crippen molar-refractivity contribution in [2.45, 2.75) is 38.0 Å². The second kappa shape index (κ2) is 4.13. The molecule has 0 amide bonds. The lowest BCUT2D eigenvalue weighted by atomic mass is 9.82. The summed E-state index contributed by atoms with van der Waals surface area (Å²) in [5.41, 5.74) is 10.5. The Morgan fingerprint density at radius 3 is 2.61 bits per heavy atom. The Balaban J connectivity index is 2.24. The van der Waals surface area contributed by atoms with Crippen LogP contribution in [0.15, 0.2) is 24.3 Å². The van der Waals surface area contributed by atoms with Crippen LogP contribution in [0.5, 0.6) is 0 Å². The van der Waals surface area contributed by atoms with E-state index in [2.05, 4.69) is 42.8 Å². The zero-order chi connectivity index (χ0) is 12.8. The largest absolute Gasteiger partial charge is 0.347 e. The average molecular weight is 242 g/mol. The van der Waals surface area contributed by atoms with Crippen LogP contribution in [0.2, 0.25) is 0 Å². The predicted molar refractivity (Wildman–Crippen MR) is 76.9 cm³/mol. The maximum atomic E-state index is 6.12. The molecule has 1 saturated carbocycles. The van der Waals surface area contributed by atoms with Crippen LogP contribution in [0.4, 0.5) is 0 Å². The summed E-state index contributed by atoms with van der Waals surface area (Å²) in [6.45, 7) is 2.96. The number of rotatable bonds is 2. The van der Waals surface area contributed by atoms with E-state index < -0.39 is 0 Å². The van der Waals surface area contributed by atoms with Gasteiger partial charge in [-0.2, -0.15) is 0 Å². The van der Waals surface area contributed by atoms with Crippen molar-refractivity contribution >= 4 is 10.9 Å². The van der Waals surface area contributed by atoms with Crippen molar-refractivity contribution in [3.05, 3.63) is 35.5 Å². The van der Waals surface area contributed by atoms with E-state index >= 15 is 0 Å². The molecule has 18 heavy (non-hydrogen) atoms. The van der Waals surface area contributed by atoms with Gasteiger partial charge in [-0.25, -0.2) is 0 Å². The summed E-state index contributed by atoms with van der Waals surface area (Å²) in [5, 5.41) is 1.35. The number of aryl methyl sites for hydroxylation is 2. The first-order chi connectivity index (χ1) is 8.68. The molecule has 1 fully saturated rings. The van der Waals surface area contributed by atoms with Gasteiger partial charge in [0.25, 0.3) is 0 Å². The van der Waals surface area contributed by atoms with Crippen LogP contribution in [0, 0.1) is 6.92 Å². The molecule has 1 aliphatic rings. The van der Waals surface area contributed by atoms with Gasteiger partial charge in [0.1, 0.15) is 0 Å². The molecular weight excluding hydrogens is 220 g/mol. The van der Waals surface area contributed by atoms with Crippen LogP contribution in [-0.4, -0.2) is 11.1 Å². The fourth-order valence-corrected chi connectivity index (χ4v) is 3.75. The molecule has 0 spiro atoms. The Labute approximate surface area is 109 Å². The van der Waals surface area contributed by atoms with Crippen molar-refractivity contribution in [1.29, 1.82) is 0 Å². The molecule has 0 bridgehead atoms. The minimum atomic E-state index is 0.222. The number of para-hydroxylation sites is 1. The van der Waals surface area contributed by atoms with Gasteiger partial charge in [-0.15, -0.1) is 0 Å². The Kier molecular flexibility index (Phi) is 2.70. The number of aromatic nitrogens is 1. The summed E-state index contributed by atoms with van der Waals surface area (Å²) < 4.78 is 2.38. The summed E-state index contributed by atoms with van der Waals surface area (Å²) in [5.74, 6) is 0. The maximum Gasteiger partial charge on any atom is 0.0509 e. The van der Waals surface area contributed by atoms with E-state index in [1.54, 1.807) is 0 Å². The van der Waals surface area contributed by atoms with Crippen molar-refractivity contribution in [2.24, 2.45) is 12.8 Å². The molecule has 0 saturated heterocycles. The molecule has 2 N–H and O–H groups in total. The summed E-state index contributed by atoms with van der Waals surface area (Å²) >= 11 is 0. The van der Waals surface area contributed by atoms with E-state index in [4.69, 9.17) is 5.73 Å². The number of nitrogens with two attached hydrogens (primary N) is 1. The van der Waals surface area contributed by atoms with Gasteiger partial charge in [0.2, 0.25) is 0 Å². The fourth-order valence-electron chi connectivity index (χ4n) is 3.75. The first-order valence-electron chi connectivity index (χ1n) is 6.93. The number of nitrogens with zero attached hydrogens (tertiary/aromatic N) is 1. The smallest absolute Gasteiger partial charge is 0.0509 e. The highest BCUT2D eigenvalue weighted by atomic mass is 15.0. The Hall–Kier alpha value is -1.28. The van der Waals surface area contributed by atoms with E-state index in [1.165, 1.54) is 47.8 Å². The second-order valence-corrected chi connectivity index (χ2v) is 5.79. The molecule has 0 aliphatic heterocycles. The third kappa shape index (κ3) is 1.52. The van der Waals surface area contributed by atoms with E-state index in [-0.39, 0.29) is 5.41 Å². The van der Waals surface area contributed by atoms with Gasteiger partial charge in [-0.05, 0) is 31.4 Å². The molecule has 1 aromatic carbocycles. The molecule has 2 aromatic rings. The summed E-state index contributed by atoms with van der Waals surface area (Å²) in [4.78, 5) is 0. The molecule has 3 rings (SSSR count). The van der Waals surface area contributed by atoms with Crippen LogP contribution in [-0.2, 0) is 12.5 Å². The molecule has 1 aromatic heterocycles. The average Bonchev–Trinajstić information content (AvgIpc) is 2.96.